The van der Waals surface area contributed by atoms with Crippen molar-refractivity contribution in [3.8, 4) is 0 Å². The van der Waals surface area contributed by atoms with Gasteiger partial charge in [-0.1, -0.05) is 0 Å². The number of morpholine rings is 1. The Bertz CT molecular complexity index is 92.2. The first-order chi connectivity index (χ1) is 4.97. The minimum atomic E-state index is 0.481. The molecule has 10 heavy (non-hydrogen) atoms. The molecule has 3 heteroatoms. The zero-order chi connectivity index (χ0) is 6.81. The third kappa shape index (κ3) is 1.17. The van der Waals surface area contributed by atoms with Crippen LogP contribution in [0.4, 0.5) is 0 Å². The third-order valence-electron chi connectivity index (χ3n) is 2.26. The van der Waals surface area contributed by atoms with Gasteiger partial charge in [-0.15, -0.1) is 0 Å². The molecule has 2 aliphatic rings. The molecule has 2 rings (SSSR count). The average Bonchev–Trinajstić information content (AvgIpc) is 2.05. The van der Waals surface area contributed by atoms with Gasteiger partial charge in [0.05, 0.1) is 12.7 Å². The highest BCUT2D eigenvalue weighted by Gasteiger charge is 2.27. The smallest absolute Gasteiger partial charge is 0.0753 e. The van der Waals surface area contributed by atoms with Crippen LogP contribution in [0.3, 0.4) is 0 Å². The maximum absolute atomic E-state index is 5.58. The van der Waals surface area contributed by atoms with Gasteiger partial charge in [0.2, 0.25) is 0 Å². The van der Waals surface area contributed by atoms with Crippen LogP contribution in [0.2, 0.25) is 0 Å². The van der Waals surface area contributed by atoms with Crippen LogP contribution in [0.25, 0.3) is 0 Å². The van der Waals surface area contributed by atoms with E-state index in [1.807, 2.05) is 0 Å². The molecule has 0 bridgehead atoms. The Hall–Kier alpha value is -0.120. The van der Waals surface area contributed by atoms with Crippen molar-refractivity contribution in [1.29, 1.82) is 0 Å². The van der Waals surface area contributed by atoms with Crippen LogP contribution in [0.1, 0.15) is 6.42 Å². The van der Waals surface area contributed by atoms with Gasteiger partial charge in [0.15, 0.2) is 0 Å². The van der Waals surface area contributed by atoms with Crippen LogP contribution in [0, 0.1) is 0 Å². The predicted octanol–water partition coefficient (Wildman–Crippen LogP) is -0.663. The van der Waals surface area contributed by atoms with E-state index < -0.39 is 0 Å². The van der Waals surface area contributed by atoms with Crippen molar-refractivity contribution in [2.45, 2.75) is 18.6 Å². The van der Waals surface area contributed by atoms with Crippen molar-refractivity contribution in [2.75, 3.05) is 26.2 Å². The van der Waals surface area contributed by atoms with E-state index in [0.29, 0.717) is 12.1 Å². The van der Waals surface area contributed by atoms with Crippen molar-refractivity contribution in [2.24, 2.45) is 0 Å². The summed E-state index contributed by atoms with van der Waals surface area (Å²) in [5.74, 6) is 0. The van der Waals surface area contributed by atoms with E-state index in [2.05, 4.69) is 10.6 Å². The van der Waals surface area contributed by atoms with Gasteiger partial charge in [0.25, 0.3) is 0 Å². The van der Waals surface area contributed by atoms with Crippen LogP contribution < -0.4 is 10.6 Å². The van der Waals surface area contributed by atoms with Crippen LogP contribution >= 0.6 is 0 Å². The van der Waals surface area contributed by atoms with Gasteiger partial charge in [-0.2, -0.15) is 0 Å². The molecule has 3 nitrogen and oxygen atoms in total. The minimum Gasteiger partial charge on any atom is -0.375 e. The first-order valence-electron chi connectivity index (χ1n) is 4.02. The summed E-state index contributed by atoms with van der Waals surface area (Å²) < 4.78 is 5.58. The summed E-state index contributed by atoms with van der Waals surface area (Å²) in [6.45, 7) is 4.09. The van der Waals surface area contributed by atoms with Crippen LogP contribution in [-0.4, -0.2) is 38.4 Å². The average molecular weight is 142 g/mol. The van der Waals surface area contributed by atoms with E-state index in [0.717, 1.165) is 32.7 Å². The Kier molecular flexibility index (Phi) is 1.88. The number of piperidine rings is 1. The highest BCUT2D eigenvalue weighted by molar-refractivity contribution is 4.86. The van der Waals surface area contributed by atoms with Crippen molar-refractivity contribution >= 4 is 0 Å². The Morgan fingerprint density at radius 3 is 3.20 bits per heavy atom. The Labute approximate surface area is 61.1 Å². The summed E-state index contributed by atoms with van der Waals surface area (Å²) in [6.07, 6.45) is 1.65. The molecule has 2 aliphatic heterocycles. The molecule has 2 N–H and O–H groups in total. The monoisotopic (exact) mass is 142 g/mol. The maximum Gasteiger partial charge on any atom is 0.0753 e. The summed E-state index contributed by atoms with van der Waals surface area (Å²) in [5.41, 5.74) is 0. The molecule has 0 spiro atoms. The number of hydrogen-bond acceptors (Lipinski definition) is 3. The van der Waals surface area contributed by atoms with E-state index in [-0.39, 0.29) is 0 Å². The number of rotatable bonds is 0. The standard InChI is InChI=1S/C7H14N2O/c1-2-8-5-6-7(1)10-4-3-9-6/h6-9H,1-5H2/t6-,7+/m0/s1. The first kappa shape index (κ1) is 6.58. The molecule has 0 radical (unpaired) electrons. The van der Waals surface area contributed by atoms with E-state index >= 15 is 0 Å². The number of ether oxygens (including phenoxy) is 1. The quantitative estimate of drug-likeness (QED) is 0.471. The molecule has 0 saturated carbocycles. The lowest BCUT2D eigenvalue weighted by Gasteiger charge is -2.36. The van der Waals surface area contributed by atoms with Gasteiger partial charge in [0, 0.05) is 19.1 Å². The van der Waals surface area contributed by atoms with E-state index in [4.69, 9.17) is 4.74 Å². The number of fused-ring (bicyclic) bond motifs is 1. The molecular weight excluding hydrogens is 128 g/mol. The van der Waals surface area contributed by atoms with Crippen LogP contribution in [-0.2, 0) is 4.74 Å². The molecule has 0 unspecified atom stereocenters. The molecule has 0 amide bonds. The molecular formula is C7H14N2O. The highest BCUT2D eigenvalue weighted by atomic mass is 16.5. The van der Waals surface area contributed by atoms with E-state index in [9.17, 15) is 0 Å². The van der Waals surface area contributed by atoms with Gasteiger partial charge in [0.1, 0.15) is 0 Å². The van der Waals surface area contributed by atoms with Crippen molar-refractivity contribution < 1.29 is 4.74 Å². The SMILES string of the molecule is C1C[C@H]2OCCN[C@H]2CN1. The molecule has 0 aromatic carbocycles. The Balaban J connectivity index is 1.93. The summed E-state index contributed by atoms with van der Waals surface area (Å²) in [6, 6.07) is 0.572. The Morgan fingerprint density at radius 2 is 2.30 bits per heavy atom. The lowest BCUT2D eigenvalue weighted by Crippen LogP contribution is -2.57. The van der Waals surface area contributed by atoms with Crippen LogP contribution in [0.5, 0.6) is 0 Å². The van der Waals surface area contributed by atoms with Crippen molar-refractivity contribution in [3.63, 3.8) is 0 Å². The minimum absolute atomic E-state index is 0.481. The van der Waals surface area contributed by atoms with E-state index in [1.54, 1.807) is 0 Å². The van der Waals surface area contributed by atoms with Gasteiger partial charge in [-0.05, 0) is 13.0 Å². The number of hydrogen-bond donors (Lipinski definition) is 2. The Morgan fingerprint density at radius 1 is 1.30 bits per heavy atom. The molecule has 2 fully saturated rings. The van der Waals surface area contributed by atoms with Gasteiger partial charge >= 0.3 is 0 Å². The predicted molar refractivity (Wildman–Crippen MR) is 39.0 cm³/mol. The lowest BCUT2D eigenvalue weighted by atomic mass is 10.0. The zero-order valence-electron chi connectivity index (χ0n) is 6.10. The molecule has 2 atom stereocenters. The molecule has 0 aliphatic carbocycles. The fourth-order valence-electron chi connectivity index (χ4n) is 1.69. The highest BCUT2D eigenvalue weighted by Crippen LogP contribution is 2.10. The largest absolute Gasteiger partial charge is 0.375 e. The summed E-state index contributed by atoms with van der Waals surface area (Å²) in [5, 5.41) is 6.77. The normalized spacial score (nSPS) is 40.8. The second-order valence-corrected chi connectivity index (χ2v) is 2.96. The zero-order valence-corrected chi connectivity index (χ0v) is 6.10. The molecule has 58 valence electrons. The first-order valence-corrected chi connectivity index (χ1v) is 4.02. The third-order valence-corrected chi connectivity index (χ3v) is 2.26. The van der Waals surface area contributed by atoms with Gasteiger partial charge < -0.3 is 15.4 Å². The molecule has 2 saturated heterocycles. The second-order valence-electron chi connectivity index (χ2n) is 2.96. The lowest BCUT2D eigenvalue weighted by molar-refractivity contribution is -0.0180. The molecule has 2 heterocycles. The van der Waals surface area contributed by atoms with Gasteiger partial charge in [-0.25, -0.2) is 0 Å². The maximum atomic E-state index is 5.58. The summed E-state index contributed by atoms with van der Waals surface area (Å²) >= 11 is 0. The topological polar surface area (TPSA) is 33.3 Å². The molecule has 0 aromatic rings. The van der Waals surface area contributed by atoms with Gasteiger partial charge in [-0.3, -0.25) is 0 Å². The second kappa shape index (κ2) is 2.86. The summed E-state index contributed by atoms with van der Waals surface area (Å²) in [7, 11) is 0. The van der Waals surface area contributed by atoms with Crippen LogP contribution in [0.15, 0.2) is 0 Å². The van der Waals surface area contributed by atoms with Crippen molar-refractivity contribution in [3.05, 3.63) is 0 Å². The fraction of sp³-hybridized carbons (Fsp3) is 1.00. The summed E-state index contributed by atoms with van der Waals surface area (Å²) in [4.78, 5) is 0. The van der Waals surface area contributed by atoms with E-state index in [1.165, 1.54) is 0 Å². The van der Waals surface area contributed by atoms with Crippen molar-refractivity contribution in [1.82, 2.24) is 10.6 Å². The fourth-order valence-corrected chi connectivity index (χ4v) is 1.69. The molecule has 0 aromatic heterocycles. The number of nitrogens with one attached hydrogen (secondary N) is 2.